The van der Waals surface area contributed by atoms with Crippen LogP contribution in [0.2, 0.25) is 0 Å². The van der Waals surface area contributed by atoms with E-state index < -0.39 is 11.7 Å². The Morgan fingerprint density at radius 3 is 2.50 bits per heavy atom. The molecule has 6 nitrogen and oxygen atoms in total. The zero-order chi connectivity index (χ0) is 19.1. The summed E-state index contributed by atoms with van der Waals surface area (Å²) in [7, 11) is 0. The number of alkyl halides is 3. The van der Waals surface area contributed by atoms with E-state index in [0.29, 0.717) is 5.56 Å². The second-order valence-corrected chi connectivity index (χ2v) is 6.76. The third-order valence-electron chi connectivity index (χ3n) is 3.51. The molecule has 0 aromatic carbocycles. The Morgan fingerprint density at radius 1 is 1.15 bits per heavy atom. The summed E-state index contributed by atoms with van der Waals surface area (Å²) in [5, 5.41) is 12.7. The first kappa shape index (κ1) is 17.7. The lowest BCUT2D eigenvalue weighted by atomic mass is 10.1. The number of hydrogen-bond donors (Lipinski definition) is 2. The molecule has 0 aliphatic carbocycles. The van der Waals surface area contributed by atoms with Crippen molar-refractivity contribution >= 4 is 17.0 Å². The van der Waals surface area contributed by atoms with Gasteiger partial charge in [-0.3, -0.25) is 0 Å². The van der Waals surface area contributed by atoms with Crippen LogP contribution in [0.3, 0.4) is 0 Å². The number of hydrogen-bond acceptors (Lipinski definition) is 5. The molecule has 0 bridgehead atoms. The van der Waals surface area contributed by atoms with Crippen molar-refractivity contribution in [2.75, 3.05) is 5.32 Å². The number of nitriles is 1. The Hall–Kier alpha value is -3.15. The van der Waals surface area contributed by atoms with Crippen molar-refractivity contribution in [2.24, 2.45) is 0 Å². The number of halogens is 3. The second-order valence-electron chi connectivity index (χ2n) is 6.76. The summed E-state index contributed by atoms with van der Waals surface area (Å²) < 4.78 is 39.0. The predicted octanol–water partition coefficient (Wildman–Crippen LogP) is 4.12. The molecule has 134 valence electrons. The predicted molar refractivity (Wildman–Crippen MR) is 90.2 cm³/mol. The van der Waals surface area contributed by atoms with E-state index in [-0.39, 0.29) is 33.8 Å². The fourth-order valence-electron chi connectivity index (χ4n) is 2.42. The Labute approximate surface area is 147 Å². The van der Waals surface area contributed by atoms with Gasteiger partial charge in [-0.25, -0.2) is 15.0 Å². The molecule has 3 heterocycles. The molecule has 0 aliphatic rings. The molecule has 0 radical (unpaired) electrons. The molecule has 0 fully saturated rings. The van der Waals surface area contributed by atoms with Crippen molar-refractivity contribution in [3.8, 4) is 17.3 Å². The molecule has 26 heavy (non-hydrogen) atoms. The molecule has 3 aromatic heterocycles. The average molecular weight is 360 g/mol. The fourth-order valence-corrected chi connectivity index (χ4v) is 2.42. The van der Waals surface area contributed by atoms with E-state index >= 15 is 0 Å². The summed E-state index contributed by atoms with van der Waals surface area (Å²) >= 11 is 0. The van der Waals surface area contributed by atoms with Gasteiger partial charge in [-0.1, -0.05) is 0 Å². The van der Waals surface area contributed by atoms with Crippen LogP contribution in [-0.2, 0) is 6.18 Å². The fraction of sp³-hybridized carbons (Fsp3) is 0.294. The first-order chi connectivity index (χ1) is 12.1. The SMILES string of the molecule is CC(C)(C)Nc1ncc(C#N)c(-c2c[nH]c3ncc(C(F)(F)F)cc23)n1. The van der Waals surface area contributed by atoms with E-state index in [1.54, 1.807) is 0 Å². The average Bonchev–Trinajstić information content (AvgIpc) is 2.95. The van der Waals surface area contributed by atoms with Crippen LogP contribution < -0.4 is 5.32 Å². The van der Waals surface area contributed by atoms with Gasteiger partial charge in [-0.05, 0) is 26.8 Å². The van der Waals surface area contributed by atoms with Gasteiger partial charge in [0.1, 0.15) is 11.7 Å². The van der Waals surface area contributed by atoms with Crippen molar-refractivity contribution in [1.29, 1.82) is 5.26 Å². The molecule has 0 aliphatic heterocycles. The van der Waals surface area contributed by atoms with Crippen LogP contribution in [-0.4, -0.2) is 25.5 Å². The quantitative estimate of drug-likeness (QED) is 0.717. The maximum atomic E-state index is 13.0. The number of fused-ring (bicyclic) bond motifs is 1. The minimum atomic E-state index is -4.52. The van der Waals surface area contributed by atoms with Gasteiger partial charge >= 0.3 is 6.18 Å². The second kappa shape index (κ2) is 5.98. The van der Waals surface area contributed by atoms with Crippen LogP contribution in [0.4, 0.5) is 19.1 Å². The number of rotatable bonds is 2. The highest BCUT2D eigenvalue weighted by Crippen LogP contribution is 2.34. The normalized spacial score (nSPS) is 12.2. The number of pyridine rings is 1. The highest BCUT2D eigenvalue weighted by Gasteiger charge is 2.31. The molecule has 2 N–H and O–H groups in total. The lowest BCUT2D eigenvalue weighted by Gasteiger charge is -2.20. The minimum absolute atomic E-state index is 0.155. The number of nitrogens with zero attached hydrogens (tertiary/aromatic N) is 4. The van der Waals surface area contributed by atoms with Gasteiger partial charge in [0.2, 0.25) is 5.95 Å². The van der Waals surface area contributed by atoms with E-state index in [9.17, 15) is 18.4 Å². The van der Waals surface area contributed by atoms with Gasteiger partial charge < -0.3 is 10.3 Å². The Morgan fingerprint density at radius 2 is 1.88 bits per heavy atom. The maximum Gasteiger partial charge on any atom is 0.417 e. The molecule has 0 spiro atoms. The van der Waals surface area contributed by atoms with E-state index in [0.717, 1.165) is 12.3 Å². The number of anilines is 1. The molecule has 0 saturated carbocycles. The van der Waals surface area contributed by atoms with Gasteiger partial charge in [-0.15, -0.1) is 0 Å². The van der Waals surface area contributed by atoms with Crippen LogP contribution in [0.1, 0.15) is 31.9 Å². The van der Waals surface area contributed by atoms with E-state index in [4.69, 9.17) is 0 Å². The molecule has 0 saturated heterocycles. The molecular formula is C17H15F3N6. The zero-order valence-electron chi connectivity index (χ0n) is 14.2. The van der Waals surface area contributed by atoms with Crippen molar-refractivity contribution in [3.05, 3.63) is 35.8 Å². The van der Waals surface area contributed by atoms with E-state index in [2.05, 4.69) is 25.3 Å². The third-order valence-corrected chi connectivity index (χ3v) is 3.51. The summed E-state index contributed by atoms with van der Waals surface area (Å²) in [6.45, 7) is 5.75. The van der Waals surface area contributed by atoms with Crippen LogP contribution in [0, 0.1) is 11.3 Å². The maximum absolute atomic E-state index is 13.0. The molecule has 0 amide bonds. The van der Waals surface area contributed by atoms with Crippen LogP contribution in [0.5, 0.6) is 0 Å². The highest BCUT2D eigenvalue weighted by atomic mass is 19.4. The topological polar surface area (TPSA) is 90.3 Å². The molecule has 3 rings (SSSR count). The Bertz CT molecular complexity index is 1010. The van der Waals surface area contributed by atoms with Crippen LogP contribution in [0.25, 0.3) is 22.3 Å². The lowest BCUT2D eigenvalue weighted by molar-refractivity contribution is -0.137. The largest absolute Gasteiger partial charge is 0.417 e. The molecular weight excluding hydrogens is 345 g/mol. The number of nitrogens with one attached hydrogen (secondary N) is 2. The van der Waals surface area contributed by atoms with Crippen molar-refractivity contribution in [2.45, 2.75) is 32.5 Å². The molecule has 0 atom stereocenters. The number of aromatic nitrogens is 4. The van der Waals surface area contributed by atoms with Gasteiger partial charge in [0.05, 0.1) is 23.0 Å². The first-order valence-corrected chi connectivity index (χ1v) is 7.68. The van der Waals surface area contributed by atoms with Crippen LogP contribution >= 0.6 is 0 Å². The van der Waals surface area contributed by atoms with E-state index in [1.807, 2.05) is 26.8 Å². The summed E-state index contributed by atoms with van der Waals surface area (Å²) in [4.78, 5) is 15.1. The minimum Gasteiger partial charge on any atom is -0.350 e. The van der Waals surface area contributed by atoms with Gasteiger partial charge in [0, 0.05) is 28.9 Å². The van der Waals surface area contributed by atoms with Crippen molar-refractivity contribution in [3.63, 3.8) is 0 Å². The van der Waals surface area contributed by atoms with Crippen molar-refractivity contribution in [1.82, 2.24) is 19.9 Å². The lowest BCUT2D eigenvalue weighted by Crippen LogP contribution is -2.27. The van der Waals surface area contributed by atoms with Gasteiger partial charge in [0.25, 0.3) is 0 Å². The standard InChI is InChI=1S/C17H15F3N6/c1-16(2,3)26-15-24-6-9(5-21)13(25-15)12-8-23-14-11(12)4-10(7-22-14)17(18,19)20/h4,6-8H,1-3H3,(H,22,23)(H,24,25,26). The van der Waals surface area contributed by atoms with Gasteiger partial charge in [-0.2, -0.15) is 18.4 Å². The highest BCUT2D eigenvalue weighted by molar-refractivity contribution is 5.94. The molecule has 3 aromatic rings. The summed E-state index contributed by atoms with van der Waals surface area (Å²) in [6, 6.07) is 2.97. The molecule has 0 unspecified atom stereocenters. The summed E-state index contributed by atoms with van der Waals surface area (Å²) in [5.41, 5.74) is -0.164. The Balaban J connectivity index is 2.19. The van der Waals surface area contributed by atoms with Crippen LogP contribution in [0.15, 0.2) is 24.7 Å². The third kappa shape index (κ3) is 3.44. The molecule has 9 heteroatoms. The monoisotopic (exact) mass is 360 g/mol. The zero-order valence-corrected chi connectivity index (χ0v) is 14.2. The summed E-state index contributed by atoms with van der Waals surface area (Å²) in [6.07, 6.45) is -0.920. The van der Waals surface area contributed by atoms with Crippen molar-refractivity contribution < 1.29 is 13.2 Å². The number of H-pyrrole nitrogens is 1. The number of aromatic amines is 1. The van der Waals surface area contributed by atoms with Gasteiger partial charge in [0.15, 0.2) is 0 Å². The summed E-state index contributed by atoms with van der Waals surface area (Å²) in [5.74, 6) is 0.279. The smallest absolute Gasteiger partial charge is 0.350 e. The van der Waals surface area contributed by atoms with E-state index in [1.165, 1.54) is 12.4 Å². The Kier molecular flexibility index (Phi) is 4.06. The first-order valence-electron chi connectivity index (χ1n) is 7.68.